The second-order valence-corrected chi connectivity index (χ2v) is 3.20. The van der Waals surface area contributed by atoms with E-state index in [2.05, 4.69) is 0 Å². The van der Waals surface area contributed by atoms with Crippen molar-refractivity contribution in [2.45, 2.75) is 13.0 Å². The van der Waals surface area contributed by atoms with Gasteiger partial charge in [-0.3, -0.25) is 0 Å². The number of rotatable bonds is 6. The van der Waals surface area contributed by atoms with Crippen LogP contribution in [0.15, 0.2) is 24.3 Å². The van der Waals surface area contributed by atoms with Gasteiger partial charge in [-0.05, 0) is 19.1 Å². The molecule has 4 nitrogen and oxygen atoms in total. The van der Waals surface area contributed by atoms with Crippen molar-refractivity contribution in [2.24, 2.45) is 0 Å². The molecular formula is C11H17NO3. The summed E-state index contributed by atoms with van der Waals surface area (Å²) in [4.78, 5) is 0. The number of benzene rings is 1. The standard InChI is InChI=1S/C11H17NO3/c1-2-14-7-10(13)8-15-11-5-3-4-9(12)6-11/h3-6,10,13H,2,7-8,12H2,1H3. The van der Waals surface area contributed by atoms with Crippen LogP contribution in [0.25, 0.3) is 0 Å². The van der Waals surface area contributed by atoms with Crippen molar-refractivity contribution in [3.8, 4) is 5.75 Å². The molecule has 1 aromatic rings. The molecule has 1 aromatic carbocycles. The minimum atomic E-state index is -0.605. The molecule has 0 bridgehead atoms. The second-order valence-electron chi connectivity index (χ2n) is 3.20. The first-order chi connectivity index (χ1) is 7.22. The highest BCUT2D eigenvalue weighted by Crippen LogP contribution is 2.14. The maximum Gasteiger partial charge on any atom is 0.121 e. The van der Waals surface area contributed by atoms with Gasteiger partial charge in [0.25, 0.3) is 0 Å². The maximum absolute atomic E-state index is 9.43. The predicted octanol–water partition coefficient (Wildman–Crippen LogP) is 1.05. The summed E-state index contributed by atoms with van der Waals surface area (Å²) >= 11 is 0. The van der Waals surface area contributed by atoms with Crippen LogP contribution in [0.2, 0.25) is 0 Å². The molecule has 1 rings (SSSR count). The van der Waals surface area contributed by atoms with Crippen molar-refractivity contribution in [3.63, 3.8) is 0 Å². The van der Waals surface area contributed by atoms with E-state index in [0.717, 1.165) is 0 Å². The zero-order valence-corrected chi connectivity index (χ0v) is 8.85. The third-order valence-electron chi connectivity index (χ3n) is 1.81. The zero-order valence-electron chi connectivity index (χ0n) is 8.85. The lowest BCUT2D eigenvalue weighted by Gasteiger charge is -2.12. The summed E-state index contributed by atoms with van der Waals surface area (Å²) in [6.07, 6.45) is -0.605. The van der Waals surface area contributed by atoms with Gasteiger partial charge < -0.3 is 20.3 Å². The van der Waals surface area contributed by atoms with Crippen LogP contribution >= 0.6 is 0 Å². The lowest BCUT2D eigenvalue weighted by atomic mass is 10.3. The topological polar surface area (TPSA) is 64.7 Å². The van der Waals surface area contributed by atoms with E-state index in [-0.39, 0.29) is 6.61 Å². The van der Waals surface area contributed by atoms with Gasteiger partial charge in [0.1, 0.15) is 18.5 Å². The molecule has 4 heteroatoms. The normalized spacial score (nSPS) is 12.4. The first kappa shape index (κ1) is 11.8. The molecule has 0 aliphatic rings. The van der Waals surface area contributed by atoms with Gasteiger partial charge in [-0.15, -0.1) is 0 Å². The third kappa shape index (κ3) is 4.67. The van der Waals surface area contributed by atoms with Crippen molar-refractivity contribution < 1.29 is 14.6 Å². The zero-order chi connectivity index (χ0) is 11.1. The minimum Gasteiger partial charge on any atom is -0.491 e. The van der Waals surface area contributed by atoms with E-state index >= 15 is 0 Å². The highest BCUT2D eigenvalue weighted by Gasteiger charge is 2.04. The molecule has 0 aromatic heterocycles. The van der Waals surface area contributed by atoms with Crippen LogP contribution in [0, 0.1) is 0 Å². The molecule has 0 spiro atoms. The molecule has 0 amide bonds. The number of nitrogens with two attached hydrogens (primary N) is 1. The van der Waals surface area contributed by atoms with E-state index in [1.807, 2.05) is 6.92 Å². The van der Waals surface area contributed by atoms with Crippen LogP contribution in [0.3, 0.4) is 0 Å². The quantitative estimate of drug-likeness (QED) is 0.690. The Bertz CT molecular complexity index is 291. The van der Waals surface area contributed by atoms with Crippen molar-refractivity contribution in [1.82, 2.24) is 0 Å². The molecule has 84 valence electrons. The first-order valence-corrected chi connectivity index (χ1v) is 4.96. The van der Waals surface area contributed by atoms with Crippen LogP contribution in [0.5, 0.6) is 5.75 Å². The third-order valence-corrected chi connectivity index (χ3v) is 1.81. The predicted molar refractivity (Wildman–Crippen MR) is 58.8 cm³/mol. The highest BCUT2D eigenvalue weighted by atomic mass is 16.5. The number of nitrogen functional groups attached to an aromatic ring is 1. The lowest BCUT2D eigenvalue weighted by molar-refractivity contribution is 0.0164. The SMILES string of the molecule is CCOCC(O)COc1cccc(N)c1. The van der Waals surface area contributed by atoms with E-state index in [9.17, 15) is 5.11 Å². The van der Waals surface area contributed by atoms with Crippen LogP contribution in [0.1, 0.15) is 6.92 Å². The minimum absolute atomic E-state index is 0.212. The Labute approximate surface area is 89.6 Å². The molecular weight excluding hydrogens is 194 g/mol. The fraction of sp³-hybridized carbons (Fsp3) is 0.455. The largest absolute Gasteiger partial charge is 0.491 e. The van der Waals surface area contributed by atoms with E-state index in [1.165, 1.54) is 0 Å². The van der Waals surface area contributed by atoms with Gasteiger partial charge in [-0.1, -0.05) is 6.07 Å². The Morgan fingerprint density at radius 2 is 2.20 bits per heavy atom. The smallest absolute Gasteiger partial charge is 0.121 e. The van der Waals surface area contributed by atoms with Gasteiger partial charge in [0.2, 0.25) is 0 Å². The number of aliphatic hydroxyl groups is 1. The summed E-state index contributed by atoms with van der Waals surface area (Å²) in [7, 11) is 0. The Hall–Kier alpha value is -1.26. The lowest BCUT2D eigenvalue weighted by Crippen LogP contribution is -2.23. The number of anilines is 1. The molecule has 0 aliphatic heterocycles. The molecule has 1 atom stereocenters. The van der Waals surface area contributed by atoms with Gasteiger partial charge in [-0.25, -0.2) is 0 Å². The van der Waals surface area contributed by atoms with Crippen LogP contribution in [-0.2, 0) is 4.74 Å². The Morgan fingerprint density at radius 3 is 2.87 bits per heavy atom. The Balaban J connectivity index is 2.30. The van der Waals surface area contributed by atoms with Gasteiger partial charge in [0.15, 0.2) is 0 Å². The van der Waals surface area contributed by atoms with Crippen molar-refractivity contribution in [2.75, 3.05) is 25.6 Å². The van der Waals surface area contributed by atoms with Gasteiger partial charge in [0.05, 0.1) is 6.61 Å². The molecule has 3 N–H and O–H groups in total. The fourth-order valence-electron chi connectivity index (χ4n) is 1.10. The number of hydrogen-bond donors (Lipinski definition) is 2. The first-order valence-electron chi connectivity index (χ1n) is 4.96. The Morgan fingerprint density at radius 1 is 1.40 bits per heavy atom. The molecule has 0 saturated heterocycles. The molecule has 15 heavy (non-hydrogen) atoms. The molecule has 1 unspecified atom stereocenters. The van der Waals surface area contributed by atoms with E-state index in [4.69, 9.17) is 15.2 Å². The Kier molecular flexibility index (Phi) is 4.93. The van der Waals surface area contributed by atoms with Gasteiger partial charge >= 0.3 is 0 Å². The maximum atomic E-state index is 9.43. The molecule has 0 fully saturated rings. The summed E-state index contributed by atoms with van der Waals surface area (Å²) in [5.74, 6) is 0.658. The average Bonchev–Trinajstić information content (AvgIpc) is 2.23. The summed E-state index contributed by atoms with van der Waals surface area (Å²) in [6, 6.07) is 7.10. The van der Waals surface area contributed by atoms with Gasteiger partial charge in [0, 0.05) is 18.4 Å². The summed E-state index contributed by atoms with van der Waals surface area (Å²) in [5.41, 5.74) is 6.22. The van der Waals surface area contributed by atoms with E-state index < -0.39 is 6.10 Å². The van der Waals surface area contributed by atoms with Crippen molar-refractivity contribution >= 4 is 5.69 Å². The molecule has 0 heterocycles. The van der Waals surface area contributed by atoms with E-state index in [0.29, 0.717) is 24.7 Å². The monoisotopic (exact) mass is 211 g/mol. The highest BCUT2D eigenvalue weighted by molar-refractivity contribution is 5.43. The summed E-state index contributed by atoms with van der Waals surface area (Å²) < 4.78 is 10.4. The van der Waals surface area contributed by atoms with Crippen LogP contribution in [0.4, 0.5) is 5.69 Å². The number of ether oxygens (including phenoxy) is 2. The molecule has 0 aliphatic carbocycles. The van der Waals surface area contributed by atoms with Gasteiger partial charge in [-0.2, -0.15) is 0 Å². The number of hydrogen-bond acceptors (Lipinski definition) is 4. The average molecular weight is 211 g/mol. The van der Waals surface area contributed by atoms with Crippen LogP contribution < -0.4 is 10.5 Å². The number of aliphatic hydroxyl groups excluding tert-OH is 1. The summed E-state index contributed by atoms with van der Waals surface area (Å²) in [6.45, 7) is 2.98. The summed E-state index contributed by atoms with van der Waals surface area (Å²) in [5, 5.41) is 9.43. The van der Waals surface area contributed by atoms with Crippen molar-refractivity contribution in [1.29, 1.82) is 0 Å². The van der Waals surface area contributed by atoms with E-state index in [1.54, 1.807) is 24.3 Å². The van der Waals surface area contributed by atoms with Crippen LogP contribution in [-0.4, -0.2) is 31.0 Å². The molecule has 0 saturated carbocycles. The fourth-order valence-corrected chi connectivity index (χ4v) is 1.10. The molecule has 0 radical (unpaired) electrons. The second kappa shape index (κ2) is 6.27. The van der Waals surface area contributed by atoms with Crippen molar-refractivity contribution in [3.05, 3.63) is 24.3 Å².